The number of anilines is 2. The third-order valence-corrected chi connectivity index (χ3v) is 4.24. The first-order chi connectivity index (χ1) is 13.8. The molecule has 1 aromatic carbocycles. The molecule has 6 nitrogen and oxygen atoms in total. The summed E-state index contributed by atoms with van der Waals surface area (Å²) in [5.74, 6) is -0.303. The van der Waals surface area contributed by atoms with Gasteiger partial charge in [0.15, 0.2) is 0 Å². The third kappa shape index (κ3) is 7.61. The predicted molar refractivity (Wildman–Crippen MR) is 106 cm³/mol. The molecule has 1 heterocycles. The van der Waals surface area contributed by atoms with Gasteiger partial charge in [-0.25, -0.2) is 4.98 Å². The second-order valence-corrected chi connectivity index (χ2v) is 6.23. The highest BCUT2D eigenvalue weighted by molar-refractivity contribution is 6.07. The van der Waals surface area contributed by atoms with E-state index in [1.165, 1.54) is 12.1 Å². The quantitative estimate of drug-likeness (QED) is 0.569. The number of benzene rings is 1. The predicted octanol–water partition coefficient (Wildman–Crippen LogP) is 4.38. The highest BCUT2D eigenvalue weighted by Crippen LogP contribution is 2.24. The first kappa shape index (κ1) is 22.5. The molecule has 0 saturated heterocycles. The van der Waals surface area contributed by atoms with Crippen LogP contribution in [0.5, 0.6) is 5.75 Å². The number of pyridine rings is 1. The van der Waals surface area contributed by atoms with Gasteiger partial charge in [0.05, 0.1) is 5.56 Å². The molecule has 158 valence electrons. The van der Waals surface area contributed by atoms with Gasteiger partial charge >= 0.3 is 6.36 Å². The Morgan fingerprint density at radius 1 is 1.14 bits per heavy atom. The lowest BCUT2D eigenvalue weighted by atomic mass is 10.2. The lowest BCUT2D eigenvalue weighted by molar-refractivity contribution is -0.274. The number of alkyl halides is 3. The normalized spacial score (nSPS) is 11.4. The van der Waals surface area contributed by atoms with Crippen molar-refractivity contribution in [2.75, 3.05) is 36.8 Å². The van der Waals surface area contributed by atoms with Gasteiger partial charge in [0.1, 0.15) is 11.6 Å². The number of nitrogens with one attached hydrogen (secondary N) is 2. The van der Waals surface area contributed by atoms with Gasteiger partial charge in [0.25, 0.3) is 5.91 Å². The van der Waals surface area contributed by atoms with E-state index in [9.17, 15) is 18.0 Å². The Kier molecular flexibility index (Phi) is 8.26. The molecule has 0 spiro atoms. The number of nitrogens with zero attached hydrogens (tertiary/aromatic N) is 2. The van der Waals surface area contributed by atoms with E-state index in [-0.39, 0.29) is 5.75 Å². The molecule has 0 radical (unpaired) electrons. The van der Waals surface area contributed by atoms with Crippen LogP contribution in [0.1, 0.15) is 30.6 Å². The number of amides is 1. The second kappa shape index (κ2) is 10.7. The number of carbonyl (C=O) groups excluding carboxylic acids is 1. The van der Waals surface area contributed by atoms with Crippen LogP contribution >= 0.6 is 0 Å². The molecule has 2 rings (SSSR count). The van der Waals surface area contributed by atoms with Crippen LogP contribution in [-0.2, 0) is 0 Å². The first-order valence-corrected chi connectivity index (χ1v) is 9.40. The van der Waals surface area contributed by atoms with E-state index >= 15 is 0 Å². The van der Waals surface area contributed by atoms with E-state index in [1.807, 2.05) is 0 Å². The van der Waals surface area contributed by atoms with Gasteiger partial charge in [-0.3, -0.25) is 4.79 Å². The number of hydrogen-bond acceptors (Lipinski definition) is 5. The Labute approximate surface area is 168 Å². The third-order valence-electron chi connectivity index (χ3n) is 4.24. The monoisotopic (exact) mass is 410 g/mol. The van der Waals surface area contributed by atoms with Crippen LogP contribution < -0.4 is 15.4 Å². The molecule has 9 heteroatoms. The molecule has 1 aromatic heterocycles. The molecule has 0 aliphatic rings. The van der Waals surface area contributed by atoms with Crippen molar-refractivity contribution < 1.29 is 22.7 Å². The standard InChI is InChI=1S/C20H25F3N4O2/c1-3-27(4-2)14-6-13-25-18-17(7-5-12-24-18)19(28)26-15-8-10-16(11-9-15)29-20(21,22)23/h5,7-12H,3-4,6,13-14H2,1-2H3,(H,24,25)(H,26,28). The Morgan fingerprint density at radius 3 is 2.45 bits per heavy atom. The molecule has 2 aromatic rings. The minimum absolute atomic E-state index is 0.348. The van der Waals surface area contributed by atoms with E-state index in [2.05, 4.69) is 39.1 Å². The van der Waals surface area contributed by atoms with Crippen molar-refractivity contribution in [1.29, 1.82) is 0 Å². The Balaban J connectivity index is 1.95. The average Bonchev–Trinajstić information content (AvgIpc) is 2.69. The minimum Gasteiger partial charge on any atom is -0.406 e. The van der Waals surface area contributed by atoms with Gasteiger partial charge in [-0.1, -0.05) is 13.8 Å². The molecular weight excluding hydrogens is 385 g/mol. The molecule has 0 aliphatic heterocycles. The maximum absolute atomic E-state index is 12.6. The summed E-state index contributed by atoms with van der Waals surface area (Å²) in [6.45, 7) is 7.80. The molecular formula is C20H25F3N4O2. The van der Waals surface area contributed by atoms with Gasteiger partial charge in [-0.05, 0) is 62.5 Å². The summed E-state index contributed by atoms with van der Waals surface area (Å²) in [5, 5.41) is 5.83. The summed E-state index contributed by atoms with van der Waals surface area (Å²) in [6, 6.07) is 8.24. The van der Waals surface area contributed by atoms with Crippen molar-refractivity contribution in [1.82, 2.24) is 9.88 Å². The highest BCUT2D eigenvalue weighted by Gasteiger charge is 2.31. The zero-order valence-electron chi connectivity index (χ0n) is 16.4. The Morgan fingerprint density at radius 2 is 1.83 bits per heavy atom. The first-order valence-electron chi connectivity index (χ1n) is 9.40. The number of ether oxygens (including phenoxy) is 1. The molecule has 2 N–H and O–H groups in total. The maximum Gasteiger partial charge on any atom is 0.573 e. The summed E-state index contributed by atoms with van der Waals surface area (Å²) in [7, 11) is 0. The zero-order chi connectivity index (χ0) is 21.3. The van der Waals surface area contributed by atoms with Crippen molar-refractivity contribution in [2.24, 2.45) is 0 Å². The lowest BCUT2D eigenvalue weighted by Gasteiger charge is -2.18. The summed E-state index contributed by atoms with van der Waals surface area (Å²) in [5.41, 5.74) is 0.701. The molecule has 1 amide bonds. The van der Waals surface area contributed by atoms with E-state index in [1.54, 1.807) is 18.3 Å². The number of rotatable bonds is 10. The fourth-order valence-electron chi connectivity index (χ4n) is 2.72. The van der Waals surface area contributed by atoms with E-state index in [4.69, 9.17) is 0 Å². The summed E-state index contributed by atoms with van der Waals surface area (Å²) in [6.07, 6.45) is -2.26. The van der Waals surface area contributed by atoms with Crippen LogP contribution in [0.4, 0.5) is 24.7 Å². The lowest BCUT2D eigenvalue weighted by Crippen LogP contribution is -2.25. The fraction of sp³-hybridized carbons (Fsp3) is 0.400. The van der Waals surface area contributed by atoms with Gasteiger partial charge in [-0.15, -0.1) is 13.2 Å². The van der Waals surface area contributed by atoms with E-state index in [0.29, 0.717) is 23.6 Å². The second-order valence-electron chi connectivity index (χ2n) is 6.23. The molecule has 0 fully saturated rings. The van der Waals surface area contributed by atoms with Crippen LogP contribution in [0.3, 0.4) is 0 Å². The van der Waals surface area contributed by atoms with Crippen molar-refractivity contribution in [3.63, 3.8) is 0 Å². The number of aromatic nitrogens is 1. The van der Waals surface area contributed by atoms with Gasteiger partial charge in [0.2, 0.25) is 0 Å². The van der Waals surface area contributed by atoms with Crippen LogP contribution in [0.2, 0.25) is 0 Å². The summed E-state index contributed by atoms with van der Waals surface area (Å²) in [4.78, 5) is 19.1. The SMILES string of the molecule is CCN(CC)CCCNc1ncccc1C(=O)Nc1ccc(OC(F)(F)F)cc1. The van der Waals surface area contributed by atoms with Crippen molar-refractivity contribution in [3.05, 3.63) is 48.2 Å². The van der Waals surface area contributed by atoms with Gasteiger partial charge in [-0.2, -0.15) is 0 Å². The van der Waals surface area contributed by atoms with Crippen LogP contribution in [0, 0.1) is 0 Å². The average molecular weight is 410 g/mol. The zero-order valence-corrected chi connectivity index (χ0v) is 16.4. The van der Waals surface area contributed by atoms with E-state index < -0.39 is 12.3 Å². The van der Waals surface area contributed by atoms with Crippen LogP contribution in [0.15, 0.2) is 42.6 Å². The van der Waals surface area contributed by atoms with Gasteiger partial charge < -0.3 is 20.3 Å². The maximum atomic E-state index is 12.6. The van der Waals surface area contributed by atoms with Crippen molar-refractivity contribution in [2.45, 2.75) is 26.6 Å². The number of hydrogen-bond donors (Lipinski definition) is 2. The summed E-state index contributed by atoms with van der Waals surface area (Å²) >= 11 is 0. The molecule has 0 unspecified atom stereocenters. The summed E-state index contributed by atoms with van der Waals surface area (Å²) < 4.78 is 40.5. The topological polar surface area (TPSA) is 66.5 Å². The molecule has 0 bridgehead atoms. The molecule has 0 saturated carbocycles. The van der Waals surface area contributed by atoms with Crippen LogP contribution in [-0.4, -0.2) is 48.3 Å². The molecule has 0 aliphatic carbocycles. The highest BCUT2D eigenvalue weighted by atomic mass is 19.4. The van der Waals surface area contributed by atoms with Crippen molar-refractivity contribution >= 4 is 17.4 Å². The van der Waals surface area contributed by atoms with Crippen molar-refractivity contribution in [3.8, 4) is 5.75 Å². The molecule has 29 heavy (non-hydrogen) atoms. The van der Waals surface area contributed by atoms with E-state index in [0.717, 1.165) is 38.2 Å². The molecule has 0 atom stereocenters. The minimum atomic E-state index is -4.76. The number of carbonyl (C=O) groups is 1. The van der Waals surface area contributed by atoms with Gasteiger partial charge in [0, 0.05) is 18.4 Å². The Hall–Kier alpha value is -2.81. The fourth-order valence-corrected chi connectivity index (χ4v) is 2.72. The number of halogens is 3. The smallest absolute Gasteiger partial charge is 0.406 e. The largest absolute Gasteiger partial charge is 0.573 e. The Bertz CT molecular complexity index is 778. The van der Waals surface area contributed by atoms with Crippen LogP contribution in [0.25, 0.3) is 0 Å².